The van der Waals surface area contributed by atoms with Crippen LogP contribution >= 0.6 is 0 Å². The van der Waals surface area contributed by atoms with E-state index in [2.05, 4.69) is 16.0 Å². The molecule has 0 aliphatic heterocycles. The summed E-state index contributed by atoms with van der Waals surface area (Å²) < 4.78 is 5.09. The van der Waals surface area contributed by atoms with Crippen LogP contribution in [0.4, 0.5) is 0 Å². The lowest BCUT2D eigenvalue weighted by Crippen LogP contribution is -2.14. The van der Waals surface area contributed by atoms with Crippen LogP contribution in [0.3, 0.4) is 0 Å². The minimum Gasteiger partial charge on any atom is -0.481 e. The summed E-state index contributed by atoms with van der Waals surface area (Å²) in [6.45, 7) is 0. The number of ether oxygens (including phenoxy) is 1. The lowest BCUT2D eigenvalue weighted by molar-refractivity contribution is 0.211. The van der Waals surface area contributed by atoms with E-state index in [9.17, 15) is 5.11 Å². The quantitative estimate of drug-likeness (QED) is 0.928. The predicted molar refractivity (Wildman–Crippen MR) is 75.7 cm³/mol. The maximum absolute atomic E-state index is 10.6. The summed E-state index contributed by atoms with van der Waals surface area (Å²) >= 11 is 0. The fourth-order valence-corrected chi connectivity index (χ4v) is 2.62. The number of hydrogen-bond acceptors (Lipinski definition) is 4. The van der Waals surface area contributed by atoms with Crippen molar-refractivity contribution in [3.05, 3.63) is 53.5 Å². The van der Waals surface area contributed by atoms with Gasteiger partial charge < -0.3 is 9.84 Å². The van der Waals surface area contributed by atoms with Crippen molar-refractivity contribution in [3.8, 4) is 5.88 Å². The van der Waals surface area contributed by atoms with E-state index < -0.39 is 6.10 Å². The molecule has 0 bridgehead atoms. The molecule has 4 heteroatoms. The second kappa shape index (κ2) is 5.59. The van der Waals surface area contributed by atoms with E-state index in [-0.39, 0.29) is 0 Å². The first-order chi connectivity index (χ1) is 9.79. The highest BCUT2D eigenvalue weighted by Crippen LogP contribution is 2.40. The molecule has 3 rings (SSSR count). The average molecular weight is 270 g/mol. The second-order valence-electron chi connectivity index (χ2n) is 5.14. The number of aromatic nitrogens is 2. The normalized spacial score (nSPS) is 16.5. The minimum absolute atomic E-state index is 0.468. The fourth-order valence-electron chi connectivity index (χ4n) is 2.62. The molecular formula is C16H18N2O2. The monoisotopic (exact) mass is 270 g/mol. The van der Waals surface area contributed by atoms with Gasteiger partial charge in [-0.3, -0.25) is 0 Å². The van der Waals surface area contributed by atoms with Gasteiger partial charge in [-0.15, -0.1) is 0 Å². The Balaban J connectivity index is 1.95. The Labute approximate surface area is 118 Å². The van der Waals surface area contributed by atoms with Crippen molar-refractivity contribution in [1.29, 1.82) is 0 Å². The van der Waals surface area contributed by atoms with Crippen LogP contribution in [0.2, 0.25) is 0 Å². The maximum Gasteiger partial charge on any atom is 0.216 e. The largest absolute Gasteiger partial charge is 0.481 e. The maximum atomic E-state index is 10.6. The van der Waals surface area contributed by atoms with E-state index in [1.807, 2.05) is 18.2 Å². The third-order valence-electron chi connectivity index (χ3n) is 3.99. The van der Waals surface area contributed by atoms with E-state index in [0.717, 1.165) is 5.56 Å². The lowest BCUT2D eigenvalue weighted by atomic mass is 9.77. The van der Waals surface area contributed by atoms with Gasteiger partial charge in [0.1, 0.15) is 12.4 Å². The van der Waals surface area contributed by atoms with Crippen molar-refractivity contribution in [2.75, 3.05) is 7.11 Å². The van der Waals surface area contributed by atoms with Crippen LogP contribution in [0, 0.1) is 0 Å². The minimum atomic E-state index is -0.733. The Morgan fingerprint density at radius 3 is 2.75 bits per heavy atom. The molecule has 1 N–H and O–H groups in total. The van der Waals surface area contributed by atoms with E-state index in [0.29, 0.717) is 17.5 Å². The van der Waals surface area contributed by atoms with Crippen molar-refractivity contribution in [3.63, 3.8) is 0 Å². The number of benzene rings is 1. The molecule has 0 saturated heterocycles. The third kappa shape index (κ3) is 2.39. The number of methoxy groups -OCH3 is 1. The second-order valence-corrected chi connectivity index (χ2v) is 5.14. The van der Waals surface area contributed by atoms with Gasteiger partial charge in [0.25, 0.3) is 0 Å². The number of rotatable bonds is 4. The van der Waals surface area contributed by atoms with Crippen LogP contribution < -0.4 is 4.74 Å². The first-order valence-electron chi connectivity index (χ1n) is 6.92. The SMILES string of the molecule is COc1cc(C(O)c2ccccc2C2CCC2)ncn1. The molecule has 0 spiro atoms. The Kier molecular flexibility index (Phi) is 3.65. The first kappa shape index (κ1) is 13.1. The van der Waals surface area contributed by atoms with Gasteiger partial charge in [-0.2, -0.15) is 0 Å². The van der Waals surface area contributed by atoms with Crippen LogP contribution in [-0.4, -0.2) is 22.2 Å². The van der Waals surface area contributed by atoms with Crippen molar-refractivity contribution in [2.45, 2.75) is 31.3 Å². The van der Waals surface area contributed by atoms with Crippen LogP contribution in [-0.2, 0) is 0 Å². The molecule has 1 atom stereocenters. The van der Waals surface area contributed by atoms with Gasteiger partial charge in [-0.05, 0) is 29.9 Å². The molecule has 1 heterocycles. The van der Waals surface area contributed by atoms with Crippen molar-refractivity contribution >= 4 is 0 Å². The van der Waals surface area contributed by atoms with E-state index >= 15 is 0 Å². The van der Waals surface area contributed by atoms with Crippen molar-refractivity contribution < 1.29 is 9.84 Å². The van der Waals surface area contributed by atoms with E-state index in [1.54, 1.807) is 13.2 Å². The average Bonchev–Trinajstić information content (AvgIpc) is 2.45. The Bertz CT molecular complexity index is 597. The molecular weight excluding hydrogens is 252 g/mol. The van der Waals surface area contributed by atoms with E-state index in [4.69, 9.17) is 4.74 Å². The molecule has 1 aliphatic rings. The van der Waals surface area contributed by atoms with Gasteiger partial charge in [0.05, 0.1) is 12.8 Å². The number of aliphatic hydroxyl groups is 1. The molecule has 0 amide bonds. The van der Waals surface area contributed by atoms with Gasteiger partial charge in [-0.25, -0.2) is 9.97 Å². The molecule has 0 radical (unpaired) electrons. The van der Waals surface area contributed by atoms with Crippen LogP contribution in [0.5, 0.6) is 5.88 Å². The number of nitrogens with zero attached hydrogens (tertiary/aromatic N) is 2. The lowest BCUT2D eigenvalue weighted by Gasteiger charge is -2.29. The highest BCUT2D eigenvalue weighted by molar-refractivity contribution is 5.37. The molecule has 1 aromatic heterocycles. The molecule has 2 aromatic rings. The van der Waals surface area contributed by atoms with Crippen molar-refractivity contribution in [1.82, 2.24) is 9.97 Å². The zero-order valence-corrected chi connectivity index (χ0v) is 11.5. The molecule has 1 fully saturated rings. The molecule has 104 valence electrons. The Hall–Kier alpha value is -1.94. The molecule has 20 heavy (non-hydrogen) atoms. The number of hydrogen-bond donors (Lipinski definition) is 1. The van der Waals surface area contributed by atoms with Gasteiger partial charge >= 0.3 is 0 Å². The molecule has 4 nitrogen and oxygen atoms in total. The standard InChI is InChI=1S/C16H18N2O2/c1-20-15-9-14(17-10-18-15)16(19)13-8-3-2-7-12(13)11-5-4-6-11/h2-3,7-11,16,19H,4-6H2,1H3. The Morgan fingerprint density at radius 2 is 2.05 bits per heavy atom. The summed E-state index contributed by atoms with van der Waals surface area (Å²) in [5, 5.41) is 10.6. The van der Waals surface area contributed by atoms with Crippen molar-refractivity contribution in [2.24, 2.45) is 0 Å². The highest BCUT2D eigenvalue weighted by atomic mass is 16.5. The Morgan fingerprint density at radius 1 is 1.25 bits per heavy atom. The summed E-state index contributed by atoms with van der Waals surface area (Å²) in [5.74, 6) is 1.04. The number of aliphatic hydroxyl groups excluding tert-OH is 1. The molecule has 1 aliphatic carbocycles. The smallest absolute Gasteiger partial charge is 0.216 e. The molecule has 1 saturated carbocycles. The van der Waals surface area contributed by atoms with Crippen LogP contribution in [0.15, 0.2) is 36.7 Å². The summed E-state index contributed by atoms with van der Waals surface area (Å²) in [6.07, 6.45) is 4.37. The molecule has 1 unspecified atom stereocenters. The van der Waals surface area contributed by atoms with Gasteiger partial charge in [0.2, 0.25) is 5.88 Å². The van der Waals surface area contributed by atoms with Gasteiger partial charge in [0, 0.05) is 6.07 Å². The highest BCUT2D eigenvalue weighted by Gasteiger charge is 2.25. The summed E-state index contributed by atoms with van der Waals surface area (Å²) in [6, 6.07) is 9.76. The first-order valence-corrected chi connectivity index (χ1v) is 6.92. The summed E-state index contributed by atoms with van der Waals surface area (Å²) in [5.41, 5.74) is 2.76. The van der Waals surface area contributed by atoms with Crippen LogP contribution in [0.25, 0.3) is 0 Å². The third-order valence-corrected chi connectivity index (χ3v) is 3.99. The topological polar surface area (TPSA) is 55.2 Å². The fraction of sp³-hybridized carbons (Fsp3) is 0.375. The molecule has 1 aromatic carbocycles. The summed E-state index contributed by atoms with van der Waals surface area (Å²) in [4.78, 5) is 8.14. The van der Waals surface area contributed by atoms with E-state index in [1.165, 1.54) is 31.2 Å². The van der Waals surface area contributed by atoms with Crippen LogP contribution in [0.1, 0.15) is 48.1 Å². The summed E-state index contributed by atoms with van der Waals surface area (Å²) in [7, 11) is 1.56. The predicted octanol–water partition coefficient (Wildman–Crippen LogP) is 2.83. The zero-order chi connectivity index (χ0) is 13.9. The van der Waals surface area contributed by atoms with Gasteiger partial charge in [-0.1, -0.05) is 30.7 Å². The van der Waals surface area contributed by atoms with Gasteiger partial charge in [0.15, 0.2) is 0 Å². The zero-order valence-electron chi connectivity index (χ0n) is 11.5.